The molecule has 0 aliphatic carbocycles. The molecule has 0 aliphatic heterocycles. The molecule has 1 heterocycles. The molecular weight excluding hydrogens is 465 g/mol. The van der Waals surface area contributed by atoms with Crippen LogP contribution in [0.1, 0.15) is 0 Å². The van der Waals surface area contributed by atoms with Gasteiger partial charge in [0.05, 0.1) is 36.1 Å². The van der Waals surface area contributed by atoms with E-state index in [9.17, 15) is 9.59 Å². The normalized spacial score (nSPS) is 10.8. The van der Waals surface area contributed by atoms with Crippen molar-refractivity contribution in [2.45, 2.75) is 6.54 Å². The minimum atomic E-state index is -0.557. The van der Waals surface area contributed by atoms with Gasteiger partial charge in [-0.15, -0.1) is 0 Å². The van der Waals surface area contributed by atoms with Crippen molar-refractivity contribution in [1.82, 2.24) is 9.55 Å². The van der Waals surface area contributed by atoms with Crippen LogP contribution < -0.4 is 20.5 Å². The van der Waals surface area contributed by atoms with E-state index in [-0.39, 0.29) is 6.54 Å². The van der Waals surface area contributed by atoms with Crippen LogP contribution >= 0.6 is 23.2 Å². The minimum Gasteiger partial charge on any atom is -0.495 e. The maximum atomic E-state index is 12.9. The van der Waals surface area contributed by atoms with E-state index in [1.807, 2.05) is 30.3 Å². The van der Waals surface area contributed by atoms with E-state index < -0.39 is 11.6 Å². The number of hydrogen-bond acceptors (Lipinski definition) is 5. The predicted molar refractivity (Wildman–Crippen MR) is 130 cm³/mol. The third-order valence-corrected chi connectivity index (χ3v) is 5.57. The number of carbonyl (C=O) groups excluding carboxylic acids is 1. The first-order valence-electron chi connectivity index (χ1n) is 9.88. The number of nitrogens with zero attached hydrogens (tertiary/aromatic N) is 2. The number of anilines is 1. The molecular formula is C24H19Cl2N3O4. The molecule has 0 radical (unpaired) electrons. The van der Waals surface area contributed by atoms with Crippen LogP contribution in [-0.4, -0.2) is 29.7 Å². The van der Waals surface area contributed by atoms with E-state index in [1.165, 1.54) is 24.9 Å². The smallest absolute Gasteiger partial charge is 0.349 e. The van der Waals surface area contributed by atoms with E-state index in [4.69, 9.17) is 32.7 Å². The van der Waals surface area contributed by atoms with Crippen molar-refractivity contribution in [2.75, 3.05) is 19.5 Å². The fourth-order valence-corrected chi connectivity index (χ4v) is 3.93. The third kappa shape index (κ3) is 4.65. The predicted octanol–water partition coefficient (Wildman–Crippen LogP) is 5.03. The lowest BCUT2D eigenvalue weighted by molar-refractivity contribution is -0.116. The summed E-state index contributed by atoms with van der Waals surface area (Å²) in [7, 11) is 2.95. The van der Waals surface area contributed by atoms with Crippen LogP contribution in [0.25, 0.3) is 22.2 Å². The summed E-state index contributed by atoms with van der Waals surface area (Å²) in [6.45, 7) is -0.272. The molecule has 3 aromatic carbocycles. The van der Waals surface area contributed by atoms with Crippen LogP contribution in [0.5, 0.6) is 11.5 Å². The summed E-state index contributed by atoms with van der Waals surface area (Å²) in [5, 5.41) is 4.19. The highest BCUT2D eigenvalue weighted by molar-refractivity contribution is 6.32. The average molecular weight is 484 g/mol. The van der Waals surface area contributed by atoms with Crippen molar-refractivity contribution in [1.29, 1.82) is 0 Å². The fraction of sp³-hybridized carbons (Fsp3) is 0.125. The molecule has 0 atom stereocenters. The molecule has 168 valence electrons. The Morgan fingerprint density at radius 1 is 1.00 bits per heavy atom. The monoisotopic (exact) mass is 483 g/mol. The van der Waals surface area contributed by atoms with Gasteiger partial charge in [0.15, 0.2) is 0 Å². The van der Waals surface area contributed by atoms with Crippen LogP contribution in [0.3, 0.4) is 0 Å². The van der Waals surface area contributed by atoms with Gasteiger partial charge in [0.25, 0.3) is 0 Å². The van der Waals surface area contributed by atoms with Gasteiger partial charge >= 0.3 is 5.69 Å². The summed E-state index contributed by atoms with van der Waals surface area (Å²) in [5.41, 5.74) is 1.60. The zero-order chi connectivity index (χ0) is 23.5. The molecule has 0 unspecified atom stereocenters. The molecule has 1 amide bonds. The van der Waals surface area contributed by atoms with Gasteiger partial charge in [0.2, 0.25) is 5.91 Å². The number of rotatable bonds is 6. The van der Waals surface area contributed by atoms with E-state index in [2.05, 4.69) is 10.3 Å². The zero-order valence-corrected chi connectivity index (χ0v) is 19.3. The summed E-state index contributed by atoms with van der Waals surface area (Å²) < 4.78 is 11.8. The lowest BCUT2D eigenvalue weighted by Crippen LogP contribution is -2.30. The van der Waals surface area contributed by atoms with Crippen molar-refractivity contribution < 1.29 is 14.3 Å². The van der Waals surface area contributed by atoms with Crippen LogP contribution in [0.4, 0.5) is 5.69 Å². The van der Waals surface area contributed by atoms with E-state index in [0.29, 0.717) is 43.8 Å². The Balaban J connectivity index is 1.73. The van der Waals surface area contributed by atoms with Gasteiger partial charge < -0.3 is 14.8 Å². The Labute approximate surface area is 199 Å². The molecule has 4 aromatic rings. The van der Waals surface area contributed by atoms with E-state index in [1.54, 1.807) is 24.3 Å². The van der Waals surface area contributed by atoms with Gasteiger partial charge in [0.1, 0.15) is 18.0 Å². The molecule has 0 saturated carbocycles. The van der Waals surface area contributed by atoms with Crippen molar-refractivity contribution in [3.8, 4) is 22.8 Å². The number of aromatic nitrogens is 2. The van der Waals surface area contributed by atoms with Crippen molar-refractivity contribution in [3.05, 3.63) is 81.2 Å². The molecule has 9 heteroatoms. The summed E-state index contributed by atoms with van der Waals surface area (Å²) in [4.78, 5) is 30.1. The summed E-state index contributed by atoms with van der Waals surface area (Å²) in [6, 6.07) is 17.5. The molecule has 33 heavy (non-hydrogen) atoms. The molecule has 0 aliphatic rings. The van der Waals surface area contributed by atoms with Gasteiger partial charge in [0, 0.05) is 22.0 Å². The quantitative estimate of drug-likeness (QED) is 0.415. The molecule has 7 nitrogen and oxygen atoms in total. The number of hydrogen-bond donors (Lipinski definition) is 1. The fourth-order valence-electron chi connectivity index (χ4n) is 3.51. The van der Waals surface area contributed by atoms with Crippen molar-refractivity contribution in [2.24, 2.45) is 0 Å². The Morgan fingerprint density at radius 3 is 2.42 bits per heavy atom. The lowest BCUT2D eigenvalue weighted by Gasteiger charge is -2.15. The third-order valence-electron chi connectivity index (χ3n) is 5.04. The van der Waals surface area contributed by atoms with Gasteiger partial charge in [-0.3, -0.25) is 9.36 Å². The zero-order valence-electron chi connectivity index (χ0n) is 17.8. The molecule has 1 aromatic heterocycles. The lowest BCUT2D eigenvalue weighted by atomic mass is 10.1. The highest BCUT2D eigenvalue weighted by Crippen LogP contribution is 2.36. The number of halogens is 2. The molecule has 0 saturated heterocycles. The molecule has 1 N–H and O–H groups in total. The Bertz CT molecular complexity index is 1400. The average Bonchev–Trinajstić information content (AvgIpc) is 2.81. The Kier molecular flexibility index (Phi) is 6.53. The van der Waals surface area contributed by atoms with Gasteiger partial charge in [-0.2, -0.15) is 4.98 Å². The SMILES string of the molecule is COc1cc(OC)c(NC(=O)Cn2c(=O)nc(-c3ccccc3)c3cc(Cl)ccc32)cc1Cl. The van der Waals surface area contributed by atoms with Crippen LogP contribution in [-0.2, 0) is 11.3 Å². The largest absolute Gasteiger partial charge is 0.495 e. The minimum absolute atomic E-state index is 0.272. The Morgan fingerprint density at radius 2 is 1.73 bits per heavy atom. The number of ether oxygens (including phenoxy) is 2. The van der Waals surface area contributed by atoms with Crippen molar-refractivity contribution >= 4 is 45.7 Å². The van der Waals surface area contributed by atoms with Gasteiger partial charge in [-0.05, 0) is 24.3 Å². The van der Waals surface area contributed by atoms with Crippen LogP contribution in [0.15, 0.2) is 65.5 Å². The van der Waals surface area contributed by atoms with E-state index in [0.717, 1.165) is 5.56 Å². The standard InChI is InChI=1S/C24H19Cl2N3O4/c1-32-20-12-21(33-2)18(11-17(20)26)27-22(30)13-29-19-9-8-15(25)10-16(19)23(28-24(29)31)14-6-4-3-5-7-14/h3-12H,13H2,1-2H3,(H,27,30). The number of carbonyl (C=O) groups is 1. The molecule has 0 spiro atoms. The Hall–Kier alpha value is -3.55. The first-order chi connectivity index (χ1) is 15.9. The number of fused-ring (bicyclic) bond motifs is 1. The second-order valence-electron chi connectivity index (χ2n) is 7.09. The second kappa shape index (κ2) is 9.52. The van der Waals surface area contributed by atoms with Gasteiger partial charge in [-0.25, -0.2) is 4.79 Å². The highest BCUT2D eigenvalue weighted by atomic mass is 35.5. The number of nitrogens with one attached hydrogen (secondary N) is 1. The summed E-state index contributed by atoms with van der Waals surface area (Å²) in [5.74, 6) is 0.319. The first kappa shape index (κ1) is 22.6. The first-order valence-corrected chi connectivity index (χ1v) is 10.6. The summed E-state index contributed by atoms with van der Waals surface area (Å²) >= 11 is 12.4. The van der Waals surface area contributed by atoms with Crippen LogP contribution in [0.2, 0.25) is 10.0 Å². The maximum absolute atomic E-state index is 12.9. The molecule has 0 fully saturated rings. The topological polar surface area (TPSA) is 82.5 Å². The maximum Gasteiger partial charge on any atom is 0.349 e. The molecule has 0 bridgehead atoms. The number of benzene rings is 3. The second-order valence-corrected chi connectivity index (χ2v) is 7.94. The van der Waals surface area contributed by atoms with E-state index >= 15 is 0 Å². The van der Waals surface area contributed by atoms with Crippen molar-refractivity contribution in [3.63, 3.8) is 0 Å². The van der Waals surface area contributed by atoms with Gasteiger partial charge in [-0.1, -0.05) is 53.5 Å². The summed E-state index contributed by atoms with van der Waals surface area (Å²) in [6.07, 6.45) is 0. The molecule has 4 rings (SSSR count). The number of amides is 1. The van der Waals surface area contributed by atoms with Crippen LogP contribution in [0, 0.1) is 0 Å². The number of methoxy groups -OCH3 is 2. The highest BCUT2D eigenvalue weighted by Gasteiger charge is 2.17.